The van der Waals surface area contributed by atoms with Crippen LogP contribution in [0, 0.1) is 0 Å². The Hall–Kier alpha value is -0.680. The Morgan fingerprint density at radius 2 is 2.30 bits per heavy atom. The van der Waals surface area contributed by atoms with Gasteiger partial charge < -0.3 is 14.9 Å². The lowest BCUT2D eigenvalue weighted by atomic mass is 10.2. The second-order valence-electron chi connectivity index (χ2n) is 1.67. The summed E-state index contributed by atoms with van der Waals surface area (Å²) in [5.41, 5.74) is 0. The van der Waals surface area contributed by atoms with Crippen molar-refractivity contribution in [3.63, 3.8) is 0 Å². The highest BCUT2D eigenvalue weighted by atomic mass is 19.1. The van der Waals surface area contributed by atoms with Crippen molar-refractivity contribution in [2.45, 2.75) is 12.3 Å². The van der Waals surface area contributed by atoms with Crippen LogP contribution in [0.25, 0.3) is 0 Å². The molecule has 10 heavy (non-hydrogen) atoms. The molecule has 4 nitrogen and oxygen atoms in total. The van der Waals surface area contributed by atoms with Crippen molar-refractivity contribution in [2.24, 2.45) is 0 Å². The monoisotopic (exact) mass is 152 g/mol. The zero-order valence-corrected chi connectivity index (χ0v) is 5.45. The summed E-state index contributed by atoms with van der Waals surface area (Å²) >= 11 is 0. The van der Waals surface area contributed by atoms with Crippen molar-refractivity contribution < 1.29 is 24.1 Å². The van der Waals surface area contributed by atoms with Gasteiger partial charge in [-0.3, -0.25) is 0 Å². The van der Waals surface area contributed by atoms with Crippen LogP contribution in [0.3, 0.4) is 0 Å². The second kappa shape index (κ2) is 4.19. The van der Waals surface area contributed by atoms with E-state index < -0.39 is 24.9 Å². The Labute approximate surface area is 57.2 Å². The highest BCUT2D eigenvalue weighted by Crippen LogP contribution is 1.99. The van der Waals surface area contributed by atoms with E-state index in [1.165, 1.54) is 0 Å². The van der Waals surface area contributed by atoms with E-state index in [2.05, 4.69) is 4.74 Å². The number of ether oxygens (including phenoxy) is 1. The number of aliphatic hydroxyl groups is 2. The Morgan fingerprint density at radius 3 is 2.60 bits per heavy atom. The minimum atomic E-state index is -2.16. The highest BCUT2D eigenvalue weighted by Gasteiger charge is 2.26. The summed E-state index contributed by atoms with van der Waals surface area (Å²) < 4.78 is 16.3. The van der Waals surface area contributed by atoms with Gasteiger partial charge >= 0.3 is 5.97 Å². The number of hydrogen-bond donors (Lipinski definition) is 2. The van der Waals surface area contributed by atoms with Gasteiger partial charge in [0, 0.05) is 0 Å². The van der Waals surface area contributed by atoms with Gasteiger partial charge in [-0.15, -0.1) is 0 Å². The summed E-state index contributed by atoms with van der Waals surface area (Å²) in [4.78, 5) is 10.2. The lowest BCUT2D eigenvalue weighted by molar-refractivity contribution is -0.152. The fourth-order valence-electron chi connectivity index (χ4n) is 0.362. The third-order valence-electron chi connectivity index (χ3n) is 0.951. The Kier molecular flexibility index (Phi) is 3.90. The van der Waals surface area contributed by atoms with Crippen molar-refractivity contribution >= 4 is 5.97 Å². The Bertz CT molecular complexity index is 116. The smallest absolute Gasteiger partial charge is 0.343 e. The Balaban J connectivity index is 3.81. The minimum absolute atomic E-state index is 0.795. The molecule has 2 N–H and O–H groups in total. The van der Waals surface area contributed by atoms with Crippen molar-refractivity contribution in [3.8, 4) is 0 Å². The fourth-order valence-corrected chi connectivity index (χ4v) is 0.362. The number of aliphatic hydroxyl groups excluding tert-OH is 2. The van der Waals surface area contributed by atoms with Gasteiger partial charge in [-0.1, -0.05) is 0 Å². The molecule has 0 aliphatic heterocycles. The number of esters is 1. The molecule has 0 amide bonds. The molecule has 0 spiro atoms. The first-order valence-electron chi connectivity index (χ1n) is 2.64. The molecule has 2 unspecified atom stereocenters. The maximum Gasteiger partial charge on any atom is 0.343 e. The molecular formula is C5H9FO4. The number of rotatable bonds is 3. The molecule has 0 fully saturated rings. The van der Waals surface area contributed by atoms with Crippen molar-refractivity contribution in [1.82, 2.24) is 0 Å². The average molecular weight is 152 g/mol. The third kappa shape index (κ3) is 2.28. The van der Waals surface area contributed by atoms with E-state index in [0.717, 1.165) is 7.11 Å². The van der Waals surface area contributed by atoms with Gasteiger partial charge in [-0.2, -0.15) is 0 Å². The van der Waals surface area contributed by atoms with E-state index in [-0.39, 0.29) is 0 Å². The number of carbonyl (C=O) groups excluding carboxylic acids is 1. The zero-order valence-electron chi connectivity index (χ0n) is 5.45. The molecule has 0 aliphatic carbocycles. The lowest BCUT2D eigenvalue weighted by Gasteiger charge is -2.09. The Morgan fingerprint density at radius 1 is 1.80 bits per heavy atom. The number of alkyl halides is 1. The highest BCUT2D eigenvalue weighted by molar-refractivity contribution is 5.75. The standard InChI is InChI=1S/C5H9FO4/c1-10-5(9)4(6)3(8)2-7/h3-4,7-8H,2H2,1H3. The normalized spacial score (nSPS) is 16.0. The van der Waals surface area contributed by atoms with Gasteiger partial charge in [0.25, 0.3) is 0 Å². The zero-order chi connectivity index (χ0) is 8.15. The molecule has 60 valence electrons. The summed E-state index contributed by atoms with van der Waals surface area (Å²) in [6.07, 6.45) is -3.84. The first-order chi connectivity index (χ1) is 4.63. The number of hydrogen-bond acceptors (Lipinski definition) is 4. The predicted molar refractivity (Wildman–Crippen MR) is 30.0 cm³/mol. The SMILES string of the molecule is COC(=O)C(F)C(O)CO. The summed E-state index contributed by atoms with van der Waals surface area (Å²) in [5.74, 6) is -1.18. The molecule has 0 saturated heterocycles. The van der Waals surface area contributed by atoms with Gasteiger partial charge in [-0.25, -0.2) is 9.18 Å². The molecule has 5 heteroatoms. The summed E-state index contributed by atoms with van der Waals surface area (Å²) in [7, 11) is 0.999. The largest absolute Gasteiger partial charge is 0.467 e. The van der Waals surface area contributed by atoms with Gasteiger partial charge in [0.1, 0.15) is 6.10 Å². The van der Waals surface area contributed by atoms with E-state index in [9.17, 15) is 9.18 Å². The van der Waals surface area contributed by atoms with Crippen LogP contribution in [-0.4, -0.2) is 42.2 Å². The molecule has 0 radical (unpaired) electrons. The molecule has 0 heterocycles. The van der Waals surface area contributed by atoms with Crippen LogP contribution in [0.4, 0.5) is 4.39 Å². The number of carbonyl (C=O) groups is 1. The van der Waals surface area contributed by atoms with E-state index in [4.69, 9.17) is 10.2 Å². The van der Waals surface area contributed by atoms with Crippen molar-refractivity contribution in [3.05, 3.63) is 0 Å². The quantitative estimate of drug-likeness (QED) is 0.501. The first-order valence-corrected chi connectivity index (χ1v) is 2.64. The van der Waals surface area contributed by atoms with E-state index in [0.29, 0.717) is 0 Å². The molecule has 0 aliphatic rings. The molecule has 0 aromatic heterocycles. The van der Waals surface area contributed by atoms with Gasteiger partial charge in [0.15, 0.2) is 0 Å². The number of halogens is 1. The molecular weight excluding hydrogens is 143 g/mol. The maximum absolute atomic E-state index is 12.3. The van der Waals surface area contributed by atoms with Gasteiger partial charge in [-0.05, 0) is 0 Å². The van der Waals surface area contributed by atoms with E-state index >= 15 is 0 Å². The van der Waals surface area contributed by atoms with Crippen LogP contribution < -0.4 is 0 Å². The van der Waals surface area contributed by atoms with Crippen LogP contribution in [-0.2, 0) is 9.53 Å². The third-order valence-corrected chi connectivity index (χ3v) is 0.951. The van der Waals surface area contributed by atoms with Crippen LogP contribution in [0.2, 0.25) is 0 Å². The molecule has 0 aromatic rings. The first kappa shape index (κ1) is 9.32. The minimum Gasteiger partial charge on any atom is -0.467 e. The average Bonchev–Trinajstić information content (AvgIpc) is 2.00. The molecule has 0 rings (SSSR count). The van der Waals surface area contributed by atoms with Gasteiger partial charge in [0.2, 0.25) is 6.17 Å². The summed E-state index contributed by atoms with van der Waals surface area (Å²) in [5, 5.41) is 16.7. The van der Waals surface area contributed by atoms with Crippen molar-refractivity contribution in [1.29, 1.82) is 0 Å². The molecule has 0 bridgehead atoms. The van der Waals surface area contributed by atoms with Crippen LogP contribution in [0.5, 0.6) is 0 Å². The lowest BCUT2D eigenvalue weighted by Crippen LogP contribution is -2.33. The molecule has 0 saturated carbocycles. The summed E-state index contributed by atoms with van der Waals surface area (Å²) in [6.45, 7) is -0.795. The van der Waals surface area contributed by atoms with Crippen LogP contribution in [0.15, 0.2) is 0 Å². The van der Waals surface area contributed by atoms with Crippen LogP contribution >= 0.6 is 0 Å². The molecule has 2 atom stereocenters. The summed E-state index contributed by atoms with van der Waals surface area (Å²) in [6, 6.07) is 0. The van der Waals surface area contributed by atoms with Gasteiger partial charge in [0.05, 0.1) is 13.7 Å². The topological polar surface area (TPSA) is 66.8 Å². The van der Waals surface area contributed by atoms with Crippen LogP contribution in [0.1, 0.15) is 0 Å². The second-order valence-corrected chi connectivity index (χ2v) is 1.67. The van der Waals surface area contributed by atoms with E-state index in [1.807, 2.05) is 0 Å². The van der Waals surface area contributed by atoms with Crippen molar-refractivity contribution in [2.75, 3.05) is 13.7 Å². The predicted octanol–water partition coefficient (Wildman–Crippen LogP) is -1.15. The molecule has 0 aromatic carbocycles. The fraction of sp³-hybridized carbons (Fsp3) is 0.800. The van der Waals surface area contributed by atoms with E-state index in [1.54, 1.807) is 0 Å². The maximum atomic E-state index is 12.3. The number of methoxy groups -OCH3 is 1.